The molecule has 0 saturated carbocycles. The van der Waals surface area contributed by atoms with Crippen molar-refractivity contribution < 1.29 is 8.78 Å². The predicted molar refractivity (Wildman–Crippen MR) is 48.7 cm³/mol. The second kappa shape index (κ2) is 2.65. The van der Waals surface area contributed by atoms with Gasteiger partial charge in [0.05, 0.1) is 15.4 Å². The third-order valence-electron chi connectivity index (χ3n) is 1.55. The highest BCUT2D eigenvalue weighted by molar-refractivity contribution is 14.1. The fraction of sp³-hybridized carbons (Fsp3) is 0. The first-order chi connectivity index (χ1) is 5.70. The van der Waals surface area contributed by atoms with Crippen LogP contribution < -0.4 is 0 Å². The van der Waals surface area contributed by atoms with E-state index in [9.17, 15) is 8.78 Å². The van der Waals surface area contributed by atoms with Gasteiger partial charge in [0, 0.05) is 6.07 Å². The van der Waals surface area contributed by atoms with E-state index < -0.39 is 11.6 Å². The Hall–Kier alpha value is -0.720. The van der Waals surface area contributed by atoms with Gasteiger partial charge < -0.3 is 4.98 Å². The Labute approximate surface area is 80.1 Å². The van der Waals surface area contributed by atoms with Crippen LogP contribution in [0.25, 0.3) is 11.0 Å². The molecule has 0 aliphatic rings. The minimum absolute atomic E-state index is 0.0211. The van der Waals surface area contributed by atoms with Crippen molar-refractivity contribution in [2.24, 2.45) is 0 Å². The molecule has 0 spiro atoms. The van der Waals surface area contributed by atoms with Crippen molar-refractivity contribution in [2.75, 3.05) is 0 Å². The van der Waals surface area contributed by atoms with Crippen LogP contribution in [-0.2, 0) is 0 Å². The number of hydrogen-bond acceptors (Lipinski definition) is 1. The Balaban J connectivity index is 2.94. The zero-order valence-corrected chi connectivity index (χ0v) is 7.89. The van der Waals surface area contributed by atoms with Crippen molar-refractivity contribution >= 4 is 33.6 Å². The maximum atomic E-state index is 13.2. The van der Waals surface area contributed by atoms with Crippen LogP contribution >= 0.6 is 22.6 Å². The Morgan fingerprint density at radius 2 is 2.17 bits per heavy atom. The van der Waals surface area contributed by atoms with Gasteiger partial charge in [0.15, 0.2) is 5.82 Å². The van der Waals surface area contributed by atoms with E-state index >= 15 is 0 Å². The summed E-state index contributed by atoms with van der Waals surface area (Å²) < 4.78 is 26.0. The Morgan fingerprint density at radius 3 is 2.92 bits per heavy atom. The second-order valence-corrected chi connectivity index (χ2v) is 3.36. The molecular weight excluding hydrogens is 277 g/mol. The molecule has 62 valence electrons. The van der Waals surface area contributed by atoms with Crippen LogP contribution in [0.15, 0.2) is 12.4 Å². The number of halogens is 3. The first-order valence-electron chi connectivity index (χ1n) is 3.16. The molecule has 0 saturated heterocycles. The van der Waals surface area contributed by atoms with Crippen molar-refractivity contribution in [3.05, 3.63) is 27.6 Å². The molecule has 1 aromatic carbocycles. The Morgan fingerprint density at radius 1 is 1.42 bits per heavy atom. The van der Waals surface area contributed by atoms with E-state index in [4.69, 9.17) is 0 Å². The van der Waals surface area contributed by atoms with E-state index in [0.717, 1.165) is 0 Å². The molecule has 2 rings (SSSR count). The smallest absolute Gasteiger partial charge is 0.167 e. The van der Waals surface area contributed by atoms with Crippen molar-refractivity contribution in [2.45, 2.75) is 0 Å². The lowest BCUT2D eigenvalue weighted by atomic mass is 10.3. The van der Waals surface area contributed by atoms with Crippen molar-refractivity contribution in [1.82, 2.24) is 9.97 Å². The van der Waals surface area contributed by atoms with Gasteiger partial charge in [-0.25, -0.2) is 13.8 Å². The molecule has 0 bridgehead atoms. The highest BCUT2D eigenvalue weighted by atomic mass is 127. The molecule has 2 aromatic rings. The fourth-order valence-electron chi connectivity index (χ4n) is 0.988. The van der Waals surface area contributed by atoms with Gasteiger partial charge in [0.25, 0.3) is 0 Å². The van der Waals surface area contributed by atoms with Crippen molar-refractivity contribution in [1.29, 1.82) is 0 Å². The summed E-state index contributed by atoms with van der Waals surface area (Å²) in [6.45, 7) is 0. The van der Waals surface area contributed by atoms with Crippen LogP contribution in [0.2, 0.25) is 0 Å². The fourth-order valence-corrected chi connectivity index (χ4v) is 1.40. The van der Waals surface area contributed by atoms with E-state index in [1.807, 2.05) is 0 Å². The monoisotopic (exact) mass is 280 g/mol. The van der Waals surface area contributed by atoms with E-state index in [1.165, 1.54) is 12.4 Å². The molecule has 0 amide bonds. The number of nitrogens with one attached hydrogen (secondary N) is 1. The summed E-state index contributed by atoms with van der Waals surface area (Å²) in [7, 11) is 0. The summed E-state index contributed by atoms with van der Waals surface area (Å²) in [5.74, 6) is -1.17. The zero-order valence-electron chi connectivity index (χ0n) is 5.74. The quantitative estimate of drug-likeness (QED) is 0.582. The van der Waals surface area contributed by atoms with Gasteiger partial charge in [-0.3, -0.25) is 0 Å². The normalized spacial score (nSPS) is 10.9. The first-order valence-corrected chi connectivity index (χ1v) is 4.24. The molecule has 0 fully saturated rings. The molecule has 0 aliphatic carbocycles. The number of H-pyrrole nitrogens is 1. The topological polar surface area (TPSA) is 28.7 Å². The zero-order chi connectivity index (χ0) is 8.72. The van der Waals surface area contributed by atoms with E-state index in [1.54, 1.807) is 22.6 Å². The lowest BCUT2D eigenvalue weighted by Gasteiger charge is -1.96. The lowest BCUT2D eigenvalue weighted by Crippen LogP contribution is -1.89. The molecule has 0 aliphatic heterocycles. The van der Waals surface area contributed by atoms with Crippen molar-refractivity contribution in [3.63, 3.8) is 0 Å². The molecular formula is C7H3F2IN2. The largest absolute Gasteiger partial charge is 0.344 e. The van der Waals surface area contributed by atoms with Crippen LogP contribution in [0.1, 0.15) is 0 Å². The standard InChI is InChI=1S/C7H3F2IN2/c8-3-1-4-7(12-2-11-4)5(9)6(3)10/h1-2H,(H,11,12). The molecule has 1 N–H and O–H groups in total. The Kier molecular flexibility index (Phi) is 1.75. The van der Waals surface area contributed by atoms with Crippen LogP contribution in [-0.4, -0.2) is 9.97 Å². The number of aromatic nitrogens is 2. The molecule has 12 heavy (non-hydrogen) atoms. The third kappa shape index (κ3) is 0.996. The maximum Gasteiger partial charge on any atom is 0.167 e. The molecule has 2 nitrogen and oxygen atoms in total. The van der Waals surface area contributed by atoms with E-state index in [0.29, 0.717) is 5.52 Å². The Bertz CT molecular complexity index is 438. The van der Waals surface area contributed by atoms with Crippen LogP contribution in [0.5, 0.6) is 0 Å². The van der Waals surface area contributed by atoms with Gasteiger partial charge in [0.1, 0.15) is 11.3 Å². The summed E-state index contributed by atoms with van der Waals surface area (Å²) in [6, 6.07) is 1.23. The third-order valence-corrected chi connectivity index (χ3v) is 2.54. The average molecular weight is 280 g/mol. The number of aromatic amines is 1. The van der Waals surface area contributed by atoms with Gasteiger partial charge in [0.2, 0.25) is 0 Å². The molecule has 1 aromatic heterocycles. The maximum absolute atomic E-state index is 13.2. The van der Waals surface area contributed by atoms with E-state index in [-0.39, 0.29) is 9.09 Å². The van der Waals surface area contributed by atoms with Gasteiger partial charge >= 0.3 is 0 Å². The number of hydrogen-bond donors (Lipinski definition) is 1. The lowest BCUT2D eigenvalue weighted by molar-refractivity contribution is 0.578. The highest BCUT2D eigenvalue weighted by Gasteiger charge is 2.12. The number of rotatable bonds is 0. The van der Waals surface area contributed by atoms with Gasteiger partial charge in [-0.15, -0.1) is 0 Å². The van der Waals surface area contributed by atoms with Crippen LogP contribution in [0, 0.1) is 15.2 Å². The molecule has 0 atom stereocenters. The molecule has 0 unspecified atom stereocenters. The summed E-state index contributed by atoms with van der Waals surface area (Å²) >= 11 is 1.61. The second-order valence-electron chi connectivity index (χ2n) is 2.29. The molecule has 1 heterocycles. The number of imidazole rings is 1. The highest BCUT2D eigenvalue weighted by Crippen LogP contribution is 2.22. The summed E-state index contributed by atoms with van der Waals surface area (Å²) in [6.07, 6.45) is 1.34. The van der Waals surface area contributed by atoms with Crippen LogP contribution in [0.3, 0.4) is 0 Å². The summed E-state index contributed by atoms with van der Waals surface area (Å²) in [5, 5.41) is 0. The number of nitrogens with zero attached hydrogens (tertiary/aromatic N) is 1. The van der Waals surface area contributed by atoms with Gasteiger partial charge in [-0.2, -0.15) is 0 Å². The molecule has 0 radical (unpaired) electrons. The summed E-state index contributed by atoms with van der Waals surface area (Å²) in [4.78, 5) is 6.35. The minimum Gasteiger partial charge on any atom is -0.344 e. The SMILES string of the molecule is Fc1cc2[nH]cnc2c(F)c1I. The predicted octanol–water partition coefficient (Wildman–Crippen LogP) is 2.45. The number of benzene rings is 1. The van der Waals surface area contributed by atoms with E-state index in [2.05, 4.69) is 9.97 Å². The van der Waals surface area contributed by atoms with Gasteiger partial charge in [-0.1, -0.05) is 0 Å². The van der Waals surface area contributed by atoms with Gasteiger partial charge in [-0.05, 0) is 22.6 Å². The summed E-state index contributed by atoms with van der Waals surface area (Å²) in [5.41, 5.74) is 0.561. The average Bonchev–Trinajstić information content (AvgIpc) is 2.48. The van der Waals surface area contributed by atoms with Crippen LogP contribution in [0.4, 0.5) is 8.78 Å². The number of fused-ring (bicyclic) bond motifs is 1. The molecule has 5 heteroatoms. The minimum atomic E-state index is -0.605. The first kappa shape index (κ1) is 7.90. The van der Waals surface area contributed by atoms with Crippen molar-refractivity contribution in [3.8, 4) is 0 Å².